The van der Waals surface area contributed by atoms with E-state index in [0.29, 0.717) is 12.1 Å². The number of nitrogens with zero attached hydrogens (tertiary/aromatic N) is 2. The van der Waals surface area contributed by atoms with Crippen LogP contribution in [0.3, 0.4) is 0 Å². The second-order valence-electron chi connectivity index (χ2n) is 5.82. The summed E-state index contributed by atoms with van der Waals surface area (Å²) in [7, 11) is 0. The molecule has 0 radical (unpaired) electrons. The van der Waals surface area contributed by atoms with Gasteiger partial charge in [-0.25, -0.2) is 0 Å². The fourth-order valence-electron chi connectivity index (χ4n) is 3.47. The highest BCUT2D eigenvalue weighted by atomic mass is 79.9. The molecule has 1 heterocycles. The lowest BCUT2D eigenvalue weighted by atomic mass is 10.0. The van der Waals surface area contributed by atoms with Crippen LogP contribution >= 0.6 is 15.9 Å². The molecule has 1 aliphatic carbocycles. The van der Waals surface area contributed by atoms with E-state index in [1.807, 2.05) is 0 Å². The summed E-state index contributed by atoms with van der Waals surface area (Å²) in [5.41, 5.74) is 7.50. The second kappa shape index (κ2) is 6.17. The molecule has 1 fully saturated rings. The number of hydrogen-bond acceptors (Lipinski definition) is 3. The lowest BCUT2D eigenvalue weighted by molar-refractivity contribution is 0.237. The molecule has 20 heavy (non-hydrogen) atoms. The summed E-state index contributed by atoms with van der Waals surface area (Å²) in [6.45, 7) is 0.790. The zero-order valence-electron chi connectivity index (χ0n) is 11.8. The van der Waals surface area contributed by atoms with Crippen molar-refractivity contribution in [2.45, 2.75) is 50.6 Å². The number of guanidine groups is 1. The molecule has 0 aromatic heterocycles. The van der Waals surface area contributed by atoms with Gasteiger partial charge in [0.15, 0.2) is 5.96 Å². The highest BCUT2D eigenvalue weighted by Crippen LogP contribution is 2.33. The molecule has 1 aliphatic heterocycles. The normalized spacial score (nSPS) is 24.6. The quantitative estimate of drug-likeness (QED) is 0.834. The average Bonchev–Trinajstić information content (AvgIpc) is 2.66. The van der Waals surface area contributed by atoms with Gasteiger partial charge in [0.05, 0.1) is 12.6 Å². The summed E-state index contributed by atoms with van der Waals surface area (Å²) in [5, 5.41) is 0. The van der Waals surface area contributed by atoms with Crippen molar-refractivity contribution in [3.63, 3.8) is 0 Å². The highest BCUT2D eigenvalue weighted by molar-refractivity contribution is 9.10. The average molecular weight is 336 g/mol. The van der Waals surface area contributed by atoms with E-state index in [1.165, 1.54) is 44.1 Å². The van der Waals surface area contributed by atoms with Crippen LogP contribution in [0.25, 0.3) is 0 Å². The minimum absolute atomic E-state index is 0.315. The second-order valence-corrected chi connectivity index (χ2v) is 6.74. The summed E-state index contributed by atoms with van der Waals surface area (Å²) < 4.78 is 1.13. The molecular weight excluding hydrogens is 314 g/mol. The number of halogens is 1. The molecular formula is C16H22BrN3. The Balaban J connectivity index is 1.84. The first-order chi connectivity index (χ1) is 9.75. The summed E-state index contributed by atoms with van der Waals surface area (Å²) in [6, 6.07) is 9.43. The van der Waals surface area contributed by atoms with Crippen molar-refractivity contribution in [2.24, 2.45) is 10.7 Å². The fourth-order valence-corrected chi connectivity index (χ4v) is 3.88. The van der Waals surface area contributed by atoms with Crippen LogP contribution < -0.4 is 5.73 Å². The van der Waals surface area contributed by atoms with E-state index in [-0.39, 0.29) is 0 Å². The number of rotatable bonds is 2. The van der Waals surface area contributed by atoms with Gasteiger partial charge in [0.1, 0.15) is 0 Å². The van der Waals surface area contributed by atoms with Gasteiger partial charge in [0, 0.05) is 10.5 Å². The van der Waals surface area contributed by atoms with Crippen molar-refractivity contribution >= 4 is 21.9 Å². The van der Waals surface area contributed by atoms with E-state index < -0.39 is 0 Å². The molecule has 0 amide bonds. The van der Waals surface area contributed by atoms with Gasteiger partial charge in [0.2, 0.25) is 0 Å². The number of hydrogen-bond donors (Lipinski definition) is 1. The van der Waals surface area contributed by atoms with Crippen molar-refractivity contribution in [2.75, 3.05) is 6.54 Å². The number of aliphatic imine (C=N–C) groups is 1. The summed E-state index contributed by atoms with van der Waals surface area (Å²) in [4.78, 5) is 6.90. The van der Waals surface area contributed by atoms with Crippen LogP contribution in [-0.2, 0) is 0 Å². The number of nitrogens with two attached hydrogens (primary N) is 1. The zero-order valence-corrected chi connectivity index (χ0v) is 13.3. The Bertz CT molecular complexity index is 492. The molecule has 1 saturated carbocycles. The van der Waals surface area contributed by atoms with Crippen LogP contribution in [0.1, 0.15) is 50.1 Å². The lowest BCUT2D eigenvalue weighted by Crippen LogP contribution is -2.43. The van der Waals surface area contributed by atoms with Crippen LogP contribution in [0.4, 0.5) is 0 Å². The third-order valence-electron chi connectivity index (χ3n) is 4.48. The Morgan fingerprint density at radius 3 is 2.60 bits per heavy atom. The standard InChI is InChI=1S/C16H22BrN3/c17-13-7-5-6-12(10-13)15-11-19-16(18)20(15)14-8-3-1-2-4-9-14/h5-7,10,14-15H,1-4,8-9,11H2,(H2,18,19). The fraction of sp³-hybridized carbons (Fsp3) is 0.562. The Morgan fingerprint density at radius 1 is 1.15 bits per heavy atom. The molecule has 3 nitrogen and oxygen atoms in total. The SMILES string of the molecule is NC1=NCC(c2cccc(Br)c2)N1C1CCCCCC1. The van der Waals surface area contributed by atoms with E-state index in [1.54, 1.807) is 0 Å². The molecule has 4 heteroatoms. The molecule has 3 rings (SSSR count). The first-order valence-corrected chi connectivity index (χ1v) is 8.39. The molecule has 1 atom stereocenters. The van der Waals surface area contributed by atoms with Crippen LogP contribution in [0.15, 0.2) is 33.7 Å². The lowest BCUT2D eigenvalue weighted by Gasteiger charge is -2.34. The highest BCUT2D eigenvalue weighted by Gasteiger charge is 2.33. The molecule has 1 aromatic carbocycles. The molecule has 108 valence electrons. The van der Waals surface area contributed by atoms with Gasteiger partial charge in [0.25, 0.3) is 0 Å². The first kappa shape index (κ1) is 13.9. The van der Waals surface area contributed by atoms with Crippen molar-refractivity contribution in [3.05, 3.63) is 34.3 Å². The van der Waals surface area contributed by atoms with E-state index in [0.717, 1.165) is 17.0 Å². The Labute approximate surface area is 129 Å². The molecule has 2 aliphatic rings. The first-order valence-electron chi connectivity index (χ1n) is 7.59. The van der Waals surface area contributed by atoms with Crippen LogP contribution in [0.2, 0.25) is 0 Å². The van der Waals surface area contributed by atoms with Gasteiger partial charge in [-0.3, -0.25) is 4.99 Å². The van der Waals surface area contributed by atoms with E-state index in [2.05, 4.69) is 50.1 Å². The van der Waals surface area contributed by atoms with Crippen LogP contribution in [-0.4, -0.2) is 23.4 Å². The van der Waals surface area contributed by atoms with Gasteiger partial charge < -0.3 is 10.6 Å². The summed E-state index contributed by atoms with van der Waals surface area (Å²) >= 11 is 3.57. The van der Waals surface area contributed by atoms with Crippen molar-refractivity contribution in [1.29, 1.82) is 0 Å². The molecule has 0 bridgehead atoms. The van der Waals surface area contributed by atoms with E-state index >= 15 is 0 Å². The third kappa shape index (κ3) is 2.85. The largest absolute Gasteiger partial charge is 0.370 e. The maximum absolute atomic E-state index is 6.19. The molecule has 1 aromatic rings. The zero-order chi connectivity index (χ0) is 13.9. The summed E-state index contributed by atoms with van der Waals surface area (Å²) in [5.74, 6) is 0.738. The minimum Gasteiger partial charge on any atom is -0.370 e. The molecule has 2 N–H and O–H groups in total. The monoisotopic (exact) mass is 335 g/mol. The van der Waals surface area contributed by atoms with Gasteiger partial charge in [-0.15, -0.1) is 0 Å². The smallest absolute Gasteiger partial charge is 0.192 e. The van der Waals surface area contributed by atoms with Crippen molar-refractivity contribution in [1.82, 2.24) is 4.90 Å². The Hall–Kier alpha value is -1.03. The van der Waals surface area contributed by atoms with Gasteiger partial charge in [-0.05, 0) is 30.5 Å². The van der Waals surface area contributed by atoms with Crippen molar-refractivity contribution in [3.8, 4) is 0 Å². The van der Waals surface area contributed by atoms with Gasteiger partial charge in [-0.1, -0.05) is 53.7 Å². The predicted molar refractivity (Wildman–Crippen MR) is 86.7 cm³/mol. The van der Waals surface area contributed by atoms with Gasteiger partial charge in [-0.2, -0.15) is 0 Å². The van der Waals surface area contributed by atoms with E-state index in [4.69, 9.17) is 5.73 Å². The van der Waals surface area contributed by atoms with Crippen molar-refractivity contribution < 1.29 is 0 Å². The topological polar surface area (TPSA) is 41.6 Å². The maximum atomic E-state index is 6.19. The Morgan fingerprint density at radius 2 is 1.90 bits per heavy atom. The maximum Gasteiger partial charge on any atom is 0.192 e. The predicted octanol–water partition coefficient (Wildman–Crippen LogP) is 3.84. The van der Waals surface area contributed by atoms with E-state index in [9.17, 15) is 0 Å². The third-order valence-corrected chi connectivity index (χ3v) is 4.97. The van der Waals surface area contributed by atoms with Gasteiger partial charge >= 0.3 is 0 Å². The Kier molecular flexibility index (Phi) is 4.29. The molecule has 0 spiro atoms. The summed E-state index contributed by atoms with van der Waals surface area (Å²) in [6.07, 6.45) is 7.87. The van der Waals surface area contributed by atoms with Crippen LogP contribution in [0.5, 0.6) is 0 Å². The number of benzene rings is 1. The minimum atomic E-state index is 0.315. The van der Waals surface area contributed by atoms with Crippen LogP contribution in [0, 0.1) is 0 Å². The molecule has 0 saturated heterocycles. The molecule has 1 unspecified atom stereocenters.